The summed E-state index contributed by atoms with van der Waals surface area (Å²) in [5.74, 6) is -1.13. The van der Waals surface area contributed by atoms with Crippen molar-refractivity contribution in [2.45, 2.75) is 4.90 Å². The zero-order valence-corrected chi connectivity index (χ0v) is 13.6. The van der Waals surface area contributed by atoms with Gasteiger partial charge in [0.25, 0.3) is 0 Å². The quantitative estimate of drug-likeness (QED) is 0.689. The van der Waals surface area contributed by atoms with Gasteiger partial charge in [0.05, 0.1) is 27.4 Å². The zero-order chi connectivity index (χ0) is 17.3. The molecule has 0 radical (unpaired) electrons. The first kappa shape index (κ1) is 16.4. The molecule has 0 spiro atoms. The van der Waals surface area contributed by atoms with Gasteiger partial charge in [-0.05, 0) is 41.4 Å². The second-order valence-electron chi connectivity index (χ2n) is 4.87. The van der Waals surface area contributed by atoms with Crippen LogP contribution in [0.15, 0.2) is 53.6 Å². The number of pyridine rings is 1. The lowest BCUT2D eigenvalue weighted by Crippen LogP contribution is -2.05. The van der Waals surface area contributed by atoms with E-state index in [-0.39, 0.29) is 21.8 Å². The normalized spacial score (nSPS) is 12.1. The van der Waals surface area contributed by atoms with Crippen molar-refractivity contribution >= 4 is 50.9 Å². The monoisotopic (exact) mass is 361 g/mol. The van der Waals surface area contributed by atoms with E-state index in [1.165, 1.54) is 12.3 Å². The molecule has 0 bridgehead atoms. The molecule has 1 atom stereocenters. The van der Waals surface area contributed by atoms with E-state index >= 15 is 0 Å². The molecule has 0 saturated carbocycles. The van der Waals surface area contributed by atoms with Crippen LogP contribution in [0, 0.1) is 0 Å². The maximum Gasteiger partial charge on any atom is 0.337 e. The standard InChI is InChI=1S/C16H11ClN2O4S/c17-9-5-6-12-11(7-9)15(14(8-18-12)24(22)23)19-13-4-2-1-3-10(13)16(20)21/h1-8H,(H,18,19)(H,20,21)(H,22,23)/p-1. The van der Waals surface area contributed by atoms with Crippen LogP contribution in [-0.4, -0.2) is 24.8 Å². The molecule has 3 rings (SSSR count). The van der Waals surface area contributed by atoms with E-state index in [9.17, 15) is 18.7 Å². The molecule has 0 saturated heterocycles. The smallest absolute Gasteiger partial charge is 0.337 e. The highest BCUT2D eigenvalue weighted by molar-refractivity contribution is 7.79. The molecule has 0 aliphatic rings. The van der Waals surface area contributed by atoms with Gasteiger partial charge in [0.15, 0.2) is 0 Å². The van der Waals surface area contributed by atoms with Crippen molar-refractivity contribution in [3.8, 4) is 0 Å². The number of nitrogens with zero attached hydrogens (tertiary/aromatic N) is 1. The van der Waals surface area contributed by atoms with Gasteiger partial charge in [0.2, 0.25) is 0 Å². The van der Waals surface area contributed by atoms with Crippen molar-refractivity contribution in [2.75, 3.05) is 5.32 Å². The molecule has 8 heteroatoms. The number of aromatic nitrogens is 1. The van der Waals surface area contributed by atoms with Crippen molar-refractivity contribution < 1.29 is 18.7 Å². The first-order valence-electron chi connectivity index (χ1n) is 6.74. The topological polar surface area (TPSA) is 102 Å². The number of carboxylic acid groups (broad SMARTS) is 1. The Hall–Kier alpha value is -2.48. The number of rotatable bonds is 4. The molecule has 6 nitrogen and oxygen atoms in total. The van der Waals surface area contributed by atoms with Gasteiger partial charge in [0, 0.05) is 16.6 Å². The number of para-hydroxylation sites is 1. The predicted octanol–water partition coefficient (Wildman–Crippen LogP) is 3.57. The zero-order valence-electron chi connectivity index (χ0n) is 12.0. The first-order chi connectivity index (χ1) is 11.5. The van der Waals surface area contributed by atoms with Crippen molar-refractivity contribution in [3.05, 3.63) is 59.2 Å². The van der Waals surface area contributed by atoms with Crippen molar-refractivity contribution in [2.24, 2.45) is 0 Å². The van der Waals surface area contributed by atoms with Crippen LogP contribution < -0.4 is 5.32 Å². The van der Waals surface area contributed by atoms with Crippen LogP contribution in [-0.2, 0) is 11.1 Å². The van der Waals surface area contributed by atoms with Gasteiger partial charge in [-0.15, -0.1) is 0 Å². The second kappa shape index (κ2) is 6.56. The maximum atomic E-state index is 11.5. The minimum absolute atomic E-state index is 0.0205. The summed E-state index contributed by atoms with van der Waals surface area (Å²) in [6.45, 7) is 0. The Morgan fingerprint density at radius 2 is 2.00 bits per heavy atom. The molecule has 0 fully saturated rings. The molecule has 122 valence electrons. The third kappa shape index (κ3) is 3.09. The van der Waals surface area contributed by atoms with Crippen LogP contribution in [0.25, 0.3) is 10.9 Å². The Bertz CT molecular complexity index is 977. The molecule has 1 unspecified atom stereocenters. The van der Waals surface area contributed by atoms with Gasteiger partial charge >= 0.3 is 5.97 Å². The molecule has 3 aromatic rings. The predicted molar refractivity (Wildman–Crippen MR) is 90.6 cm³/mol. The fraction of sp³-hybridized carbons (Fsp3) is 0. The molecule has 2 aromatic carbocycles. The molecule has 2 N–H and O–H groups in total. The third-order valence-corrected chi connectivity index (χ3v) is 4.30. The van der Waals surface area contributed by atoms with Gasteiger partial charge < -0.3 is 15.0 Å². The molecule has 1 aromatic heterocycles. The Balaban J connectivity index is 2.25. The van der Waals surface area contributed by atoms with Gasteiger partial charge in [0.1, 0.15) is 0 Å². The lowest BCUT2D eigenvalue weighted by molar-refractivity contribution is 0.0698. The Kier molecular flexibility index (Phi) is 4.48. The first-order valence-corrected chi connectivity index (χ1v) is 8.19. The molecule has 24 heavy (non-hydrogen) atoms. The van der Waals surface area contributed by atoms with Crippen LogP contribution in [0.1, 0.15) is 10.4 Å². The van der Waals surface area contributed by atoms with Crippen LogP contribution >= 0.6 is 11.6 Å². The fourth-order valence-electron chi connectivity index (χ4n) is 2.32. The summed E-state index contributed by atoms with van der Waals surface area (Å²) in [5.41, 5.74) is 1.05. The number of nitrogens with one attached hydrogen (secondary N) is 1. The largest absolute Gasteiger partial charge is 0.768 e. The summed E-state index contributed by atoms with van der Waals surface area (Å²) in [5, 5.41) is 13.1. The molecule has 0 aliphatic heterocycles. The number of fused-ring (bicyclic) bond motifs is 1. The van der Waals surface area contributed by atoms with Crippen LogP contribution in [0.3, 0.4) is 0 Å². The molecule has 0 amide bonds. The number of carbonyl (C=O) groups is 1. The lowest BCUT2D eigenvalue weighted by atomic mass is 10.1. The van der Waals surface area contributed by atoms with E-state index in [4.69, 9.17) is 11.6 Å². The van der Waals surface area contributed by atoms with E-state index in [0.29, 0.717) is 15.9 Å². The van der Waals surface area contributed by atoms with Gasteiger partial charge in [-0.2, -0.15) is 0 Å². The SMILES string of the molecule is O=C(O)c1ccccc1Nc1c(S(=O)[O-])cnc2ccc(Cl)cc12. The van der Waals surface area contributed by atoms with Crippen molar-refractivity contribution in [1.82, 2.24) is 4.98 Å². The van der Waals surface area contributed by atoms with E-state index in [0.717, 1.165) is 0 Å². The highest BCUT2D eigenvalue weighted by Gasteiger charge is 2.14. The van der Waals surface area contributed by atoms with Crippen LogP contribution in [0.2, 0.25) is 5.02 Å². The minimum Gasteiger partial charge on any atom is -0.768 e. The van der Waals surface area contributed by atoms with Gasteiger partial charge in [-0.1, -0.05) is 23.7 Å². The minimum atomic E-state index is -2.56. The summed E-state index contributed by atoms with van der Waals surface area (Å²) in [6.07, 6.45) is 1.21. The van der Waals surface area contributed by atoms with E-state index < -0.39 is 17.0 Å². The number of aromatic carboxylic acids is 1. The van der Waals surface area contributed by atoms with Crippen LogP contribution in [0.5, 0.6) is 0 Å². The average Bonchev–Trinajstić information content (AvgIpc) is 2.55. The molecule has 1 heterocycles. The van der Waals surface area contributed by atoms with Gasteiger partial charge in [-0.25, -0.2) is 4.79 Å². The number of hydrogen-bond acceptors (Lipinski definition) is 5. The summed E-state index contributed by atoms with van der Waals surface area (Å²) < 4.78 is 23.1. The number of halogens is 1. The van der Waals surface area contributed by atoms with E-state index in [1.807, 2.05) is 0 Å². The lowest BCUT2D eigenvalue weighted by Gasteiger charge is -2.17. The summed E-state index contributed by atoms with van der Waals surface area (Å²) >= 11 is 3.44. The summed E-state index contributed by atoms with van der Waals surface area (Å²) in [6, 6.07) is 11.1. The maximum absolute atomic E-state index is 11.5. The number of benzene rings is 2. The fourth-order valence-corrected chi connectivity index (χ4v) is 2.95. The van der Waals surface area contributed by atoms with E-state index in [2.05, 4.69) is 10.3 Å². The third-order valence-electron chi connectivity index (χ3n) is 3.39. The molecular weight excluding hydrogens is 352 g/mol. The Morgan fingerprint density at radius 3 is 2.71 bits per heavy atom. The molecule has 0 aliphatic carbocycles. The van der Waals surface area contributed by atoms with Crippen molar-refractivity contribution in [3.63, 3.8) is 0 Å². The van der Waals surface area contributed by atoms with Crippen LogP contribution in [0.4, 0.5) is 11.4 Å². The summed E-state index contributed by atoms with van der Waals surface area (Å²) in [7, 11) is 0. The number of anilines is 2. The van der Waals surface area contributed by atoms with E-state index in [1.54, 1.807) is 36.4 Å². The van der Waals surface area contributed by atoms with Crippen molar-refractivity contribution in [1.29, 1.82) is 0 Å². The highest BCUT2D eigenvalue weighted by Crippen LogP contribution is 2.33. The van der Waals surface area contributed by atoms with Gasteiger partial charge in [-0.3, -0.25) is 9.19 Å². The number of hydrogen-bond donors (Lipinski definition) is 2. The summed E-state index contributed by atoms with van der Waals surface area (Å²) in [4.78, 5) is 15.4. The Morgan fingerprint density at radius 1 is 1.25 bits per heavy atom. The average molecular weight is 362 g/mol. The second-order valence-corrected chi connectivity index (χ2v) is 6.22. The Labute approximate surface area is 144 Å². The number of carboxylic acids is 1. The molecular formula is C16H10ClN2O4S-. The highest BCUT2D eigenvalue weighted by atomic mass is 35.5.